The van der Waals surface area contributed by atoms with Crippen LogP contribution in [0, 0.1) is 0 Å². The van der Waals surface area contributed by atoms with E-state index in [-0.39, 0.29) is 0 Å². The second kappa shape index (κ2) is 7.77. The Kier molecular flexibility index (Phi) is 6.62. The Morgan fingerprint density at radius 2 is 1.56 bits per heavy atom. The lowest BCUT2D eigenvalue weighted by molar-refractivity contribution is 0.661. The third-order valence-electron chi connectivity index (χ3n) is 2.32. The van der Waals surface area contributed by atoms with E-state index < -0.39 is 0 Å². The summed E-state index contributed by atoms with van der Waals surface area (Å²) in [5, 5.41) is 4.63. The standard InChI is InChI=1S/C12H18Cl2N2/c13-10-7-11(14)9-12(8-10)16-6-4-2-1-3-5-15/h7-9,16H,1-6,15H2. The monoisotopic (exact) mass is 260 g/mol. The maximum absolute atomic E-state index is 5.89. The third-order valence-corrected chi connectivity index (χ3v) is 2.76. The average molecular weight is 261 g/mol. The maximum atomic E-state index is 5.89. The Labute approximate surface area is 107 Å². The molecule has 0 heterocycles. The zero-order valence-electron chi connectivity index (χ0n) is 9.31. The number of nitrogens with one attached hydrogen (secondary N) is 1. The third kappa shape index (κ3) is 5.59. The SMILES string of the molecule is NCCCCCCNc1cc(Cl)cc(Cl)c1. The lowest BCUT2D eigenvalue weighted by Crippen LogP contribution is -2.02. The van der Waals surface area contributed by atoms with Crippen molar-refractivity contribution in [2.45, 2.75) is 25.7 Å². The molecule has 0 amide bonds. The molecular weight excluding hydrogens is 243 g/mol. The number of hydrogen-bond acceptors (Lipinski definition) is 2. The van der Waals surface area contributed by atoms with Gasteiger partial charge in [0.25, 0.3) is 0 Å². The Morgan fingerprint density at radius 3 is 2.19 bits per heavy atom. The first-order chi connectivity index (χ1) is 7.72. The molecule has 0 spiro atoms. The number of anilines is 1. The van der Waals surface area contributed by atoms with E-state index in [1.54, 1.807) is 6.07 Å². The number of benzene rings is 1. The molecule has 0 radical (unpaired) electrons. The van der Waals surface area contributed by atoms with Gasteiger partial charge in [0.1, 0.15) is 0 Å². The van der Waals surface area contributed by atoms with Crippen LogP contribution < -0.4 is 11.1 Å². The lowest BCUT2D eigenvalue weighted by atomic mass is 10.2. The summed E-state index contributed by atoms with van der Waals surface area (Å²) in [6.45, 7) is 1.73. The fourth-order valence-electron chi connectivity index (χ4n) is 1.51. The molecule has 0 aliphatic heterocycles. The smallest absolute Gasteiger partial charge is 0.0441 e. The zero-order valence-corrected chi connectivity index (χ0v) is 10.8. The first kappa shape index (κ1) is 13.6. The number of unbranched alkanes of at least 4 members (excludes halogenated alkanes) is 3. The maximum Gasteiger partial charge on any atom is 0.0441 e. The molecule has 1 aromatic carbocycles. The molecule has 1 rings (SSSR count). The summed E-state index contributed by atoms with van der Waals surface area (Å²) in [7, 11) is 0. The molecule has 0 fully saturated rings. The molecule has 1 aromatic rings. The van der Waals surface area contributed by atoms with Crippen LogP contribution in [0.3, 0.4) is 0 Å². The van der Waals surface area contributed by atoms with Crippen molar-refractivity contribution in [1.82, 2.24) is 0 Å². The normalized spacial score (nSPS) is 10.4. The van der Waals surface area contributed by atoms with Crippen molar-refractivity contribution in [2.24, 2.45) is 5.73 Å². The number of rotatable bonds is 7. The Morgan fingerprint density at radius 1 is 0.938 bits per heavy atom. The van der Waals surface area contributed by atoms with Crippen molar-refractivity contribution < 1.29 is 0 Å². The first-order valence-corrected chi connectivity index (χ1v) is 6.38. The molecule has 0 aliphatic rings. The van der Waals surface area contributed by atoms with Gasteiger partial charge in [0.05, 0.1) is 0 Å². The van der Waals surface area contributed by atoms with Gasteiger partial charge in [-0.1, -0.05) is 36.0 Å². The molecule has 90 valence electrons. The van der Waals surface area contributed by atoms with Crippen LogP contribution in [0.4, 0.5) is 5.69 Å². The summed E-state index contributed by atoms with van der Waals surface area (Å²) in [4.78, 5) is 0. The van der Waals surface area contributed by atoms with Crippen LogP contribution in [0.2, 0.25) is 10.0 Å². The lowest BCUT2D eigenvalue weighted by Gasteiger charge is -2.07. The van der Waals surface area contributed by atoms with Gasteiger partial charge in [0.15, 0.2) is 0 Å². The van der Waals surface area contributed by atoms with Gasteiger partial charge in [-0.3, -0.25) is 0 Å². The Balaban J connectivity index is 2.21. The van der Waals surface area contributed by atoms with Gasteiger partial charge in [-0.05, 0) is 37.6 Å². The van der Waals surface area contributed by atoms with Crippen LogP contribution in [0.5, 0.6) is 0 Å². The van der Waals surface area contributed by atoms with Crippen molar-refractivity contribution in [1.29, 1.82) is 0 Å². The highest BCUT2D eigenvalue weighted by atomic mass is 35.5. The van der Waals surface area contributed by atoms with Gasteiger partial charge in [0, 0.05) is 22.3 Å². The minimum atomic E-state index is 0.665. The molecule has 0 bridgehead atoms. The summed E-state index contributed by atoms with van der Waals surface area (Å²) in [5.74, 6) is 0. The van der Waals surface area contributed by atoms with Crippen LogP contribution in [0.15, 0.2) is 18.2 Å². The minimum absolute atomic E-state index is 0.665. The highest BCUT2D eigenvalue weighted by molar-refractivity contribution is 6.35. The Bertz CT molecular complexity index is 296. The van der Waals surface area contributed by atoms with Gasteiger partial charge in [-0.25, -0.2) is 0 Å². The highest BCUT2D eigenvalue weighted by Gasteiger charge is 1.97. The quantitative estimate of drug-likeness (QED) is 0.730. The summed E-state index contributed by atoms with van der Waals surface area (Å²) in [6.07, 6.45) is 4.67. The predicted octanol–water partition coefficient (Wildman–Crippen LogP) is 3.92. The van der Waals surface area contributed by atoms with Gasteiger partial charge in [-0.2, -0.15) is 0 Å². The molecule has 16 heavy (non-hydrogen) atoms. The van der Waals surface area contributed by atoms with E-state index >= 15 is 0 Å². The van der Waals surface area contributed by atoms with E-state index in [4.69, 9.17) is 28.9 Å². The largest absolute Gasteiger partial charge is 0.385 e. The molecule has 3 N–H and O–H groups in total. The molecule has 0 unspecified atom stereocenters. The molecular formula is C12H18Cl2N2. The van der Waals surface area contributed by atoms with Crippen LogP contribution in [0.25, 0.3) is 0 Å². The molecule has 0 atom stereocenters. The van der Waals surface area contributed by atoms with E-state index in [2.05, 4.69) is 5.32 Å². The van der Waals surface area contributed by atoms with Crippen LogP contribution >= 0.6 is 23.2 Å². The van der Waals surface area contributed by atoms with Crippen LogP contribution in [0.1, 0.15) is 25.7 Å². The number of nitrogens with two attached hydrogens (primary N) is 1. The summed E-state index contributed by atoms with van der Waals surface area (Å²) in [6, 6.07) is 5.50. The van der Waals surface area contributed by atoms with Crippen molar-refractivity contribution in [2.75, 3.05) is 18.4 Å². The zero-order chi connectivity index (χ0) is 11.8. The topological polar surface area (TPSA) is 38.0 Å². The van der Waals surface area contributed by atoms with Gasteiger partial charge in [-0.15, -0.1) is 0 Å². The second-order valence-corrected chi connectivity index (χ2v) is 4.66. The van der Waals surface area contributed by atoms with Crippen LogP contribution in [-0.2, 0) is 0 Å². The summed E-state index contributed by atoms with van der Waals surface area (Å²) in [5.41, 5.74) is 6.41. The first-order valence-electron chi connectivity index (χ1n) is 5.62. The van der Waals surface area contributed by atoms with E-state index in [0.717, 1.165) is 31.6 Å². The average Bonchev–Trinajstić information content (AvgIpc) is 2.22. The van der Waals surface area contributed by atoms with Crippen molar-refractivity contribution >= 4 is 28.9 Å². The molecule has 2 nitrogen and oxygen atoms in total. The van der Waals surface area contributed by atoms with Gasteiger partial charge in [0.2, 0.25) is 0 Å². The summed E-state index contributed by atoms with van der Waals surface area (Å²) < 4.78 is 0. The molecule has 0 aliphatic carbocycles. The minimum Gasteiger partial charge on any atom is -0.385 e. The fourth-order valence-corrected chi connectivity index (χ4v) is 2.04. The molecule has 4 heteroatoms. The van der Waals surface area contributed by atoms with Gasteiger partial charge < -0.3 is 11.1 Å². The summed E-state index contributed by atoms with van der Waals surface area (Å²) >= 11 is 11.8. The predicted molar refractivity (Wildman–Crippen MR) is 72.5 cm³/mol. The second-order valence-electron chi connectivity index (χ2n) is 3.79. The van der Waals surface area contributed by atoms with Crippen molar-refractivity contribution in [3.63, 3.8) is 0 Å². The van der Waals surface area contributed by atoms with Crippen molar-refractivity contribution in [3.8, 4) is 0 Å². The fraction of sp³-hybridized carbons (Fsp3) is 0.500. The molecule has 0 saturated heterocycles. The number of hydrogen-bond donors (Lipinski definition) is 2. The van der Waals surface area contributed by atoms with Crippen LogP contribution in [-0.4, -0.2) is 13.1 Å². The van der Waals surface area contributed by atoms with E-state index in [0.29, 0.717) is 10.0 Å². The van der Waals surface area contributed by atoms with E-state index in [9.17, 15) is 0 Å². The Hall–Kier alpha value is -0.440. The highest BCUT2D eigenvalue weighted by Crippen LogP contribution is 2.22. The van der Waals surface area contributed by atoms with Crippen molar-refractivity contribution in [3.05, 3.63) is 28.2 Å². The van der Waals surface area contributed by atoms with E-state index in [1.165, 1.54) is 12.8 Å². The molecule has 0 saturated carbocycles. The van der Waals surface area contributed by atoms with Gasteiger partial charge >= 0.3 is 0 Å². The van der Waals surface area contributed by atoms with E-state index in [1.807, 2.05) is 12.1 Å². The molecule has 0 aromatic heterocycles. The number of halogens is 2.